The Kier molecular flexibility index (Phi) is 5.92. The summed E-state index contributed by atoms with van der Waals surface area (Å²) in [5, 5.41) is 18.9. The number of fused-ring (bicyclic) bond motifs is 3. The summed E-state index contributed by atoms with van der Waals surface area (Å²) in [6, 6.07) is 9.93. The second kappa shape index (κ2) is 8.70. The molecule has 0 aromatic heterocycles. The summed E-state index contributed by atoms with van der Waals surface area (Å²) in [5.41, 5.74) is -0.00110. The summed E-state index contributed by atoms with van der Waals surface area (Å²) in [4.78, 5) is 18.1. The molecule has 202 valence electrons. The van der Waals surface area contributed by atoms with E-state index in [1.165, 1.54) is 0 Å². The lowest BCUT2D eigenvalue weighted by Gasteiger charge is -2.70. The molecule has 1 aromatic carbocycles. The fourth-order valence-corrected chi connectivity index (χ4v) is 9.19. The molecule has 1 amide bonds. The molecule has 2 heterocycles. The number of rotatable bonds is 3. The van der Waals surface area contributed by atoms with Crippen LogP contribution < -0.4 is 10.1 Å². The molecule has 1 spiro atoms. The third kappa shape index (κ3) is 3.52. The van der Waals surface area contributed by atoms with Gasteiger partial charge in [-0.25, -0.2) is 0 Å². The first kappa shape index (κ1) is 25.2. The Balaban J connectivity index is 1.46. The summed E-state index contributed by atoms with van der Waals surface area (Å²) in [6.07, 6.45) is 3.30. The molecule has 0 radical (unpaired) electrons. The fraction of sp³-hybridized carbons (Fsp3) is 0.733. The molecule has 3 aliphatic carbocycles. The van der Waals surface area contributed by atoms with E-state index >= 15 is 0 Å². The zero-order chi connectivity index (χ0) is 26.2. The Bertz CT molecular complexity index is 1070. The SMILES string of the molecule is CON=C1C(Oc2ccccc2)CC23OC4C(CC2(C)C(C)CCC3C1(C)C)C(O)CC1C(=O)NCC14. The Labute approximate surface area is 220 Å². The smallest absolute Gasteiger partial charge is 0.223 e. The van der Waals surface area contributed by atoms with Crippen LogP contribution in [0.5, 0.6) is 5.75 Å². The average molecular weight is 511 g/mol. The van der Waals surface area contributed by atoms with Crippen molar-refractivity contribution in [3.05, 3.63) is 30.3 Å². The zero-order valence-corrected chi connectivity index (χ0v) is 22.8. The first-order valence-electron chi connectivity index (χ1n) is 14.1. The van der Waals surface area contributed by atoms with Crippen LogP contribution in [0.2, 0.25) is 0 Å². The van der Waals surface area contributed by atoms with Crippen LogP contribution in [0.4, 0.5) is 0 Å². The molecule has 6 rings (SSSR count). The van der Waals surface area contributed by atoms with Gasteiger partial charge in [-0.3, -0.25) is 4.79 Å². The highest BCUT2D eigenvalue weighted by molar-refractivity contribution is 5.95. The topological polar surface area (TPSA) is 89.4 Å². The van der Waals surface area contributed by atoms with E-state index in [1.807, 2.05) is 30.3 Å². The van der Waals surface area contributed by atoms with E-state index in [0.717, 1.165) is 30.7 Å². The lowest BCUT2D eigenvalue weighted by molar-refractivity contribution is -0.323. The van der Waals surface area contributed by atoms with Crippen LogP contribution >= 0.6 is 0 Å². The summed E-state index contributed by atoms with van der Waals surface area (Å²) in [6.45, 7) is 9.92. The third-order valence-electron chi connectivity index (χ3n) is 11.2. The quantitative estimate of drug-likeness (QED) is 0.596. The van der Waals surface area contributed by atoms with E-state index in [4.69, 9.17) is 14.3 Å². The lowest BCUT2D eigenvalue weighted by atomic mass is 9.42. The van der Waals surface area contributed by atoms with Gasteiger partial charge < -0.3 is 24.7 Å². The van der Waals surface area contributed by atoms with Gasteiger partial charge in [0.25, 0.3) is 0 Å². The predicted octanol–water partition coefficient (Wildman–Crippen LogP) is 4.19. The molecular weight excluding hydrogens is 468 g/mol. The van der Waals surface area contributed by atoms with Crippen molar-refractivity contribution in [3.8, 4) is 5.75 Å². The van der Waals surface area contributed by atoms with Crippen LogP contribution in [-0.4, -0.2) is 54.3 Å². The number of aliphatic hydroxyl groups excluding tert-OH is 1. The van der Waals surface area contributed by atoms with Gasteiger partial charge in [0.2, 0.25) is 5.91 Å². The maximum atomic E-state index is 12.7. The number of benzene rings is 1. The van der Waals surface area contributed by atoms with Gasteiger partial charge in [-0.05, 0) is 49.7 Å². The van der Waals surface area contributed by atoms with Crippen LogP contribution in [0.3, 0.4) is 0 Å². The van der Waals surface area contributed by atoms with Crippen molar-refractivity contribution < 1.29 is 24.2 Å². The first-order chi connectivity index (χ1) is 17.6. The maximum absolute atomic E-state index is 12.7. The minimum atomic E-state index is -0.518. The third-order valence-corrected chi connectivity index (χ3v) is 11.2. The average Bonchev–Trinajstić information content (AvgIpc) is 3.22. The number of carbonyl (C=O) groups excluding carboxylic acids is 1. The second-order valence-electron chi connectivity index (χ2n) is 13.1. The first-order valence-corrected chi connectivity index (χ1v) is 14.1. The second-order valence-corrected chi connectivity index (χ2v) is 13.1. The van der Waals surface area contributed by atoms with E-state index in [9.17, 15) is 9.90 Å². The van der Waals surface area contributed by atoms with Crippen molar-refractivity contribution in [1.29, 1.82) is 0 Å². The Morgan fingerprint density at radius 3 is 2.59 bits per heavy atom. The van der Waals surface area contributed by atoms with Crippen molar-refractivity contribution in [3.63, 3.8) is 0 Å². The van der Waals surface area contributed by atoms with Crippen LogP contribution in [0.25, 0.3) is 0 Å². The number of nitrogens with zero attached hydrogens (tertiary/aromatic N) is 1. The normalized spacial score (nSPS) is 47.2. The number of amides is 1. The minimum Gasteiger partial charge on any atom is -0.484 e. The van der Waals surface area contributed by atoms with Gasteiger partial charge >= 0.3 is 0 Å². The van der Waals surface area contributed by atoms with Crippen molar-refractivity contribution in [2.75, 3.05) is 13.7 Å². The van der Waals surface area contributed by atoms with Crippen LogP contribution in [-0.2, 0) is 14.4 Å². The molecule has 2 N–H and O–H groups in total. The molecule has 3 saturated carbocycles. The largest absolute Gasteiger partial charge is 0.484 e. The van der Waals surface area contributed by atoms with Crippen molar-refractivity contribution in [2.24, 2.45) is 45.6 Å². The number of carbonyl (C=O) groups is 1. The van der Waals surface area contributed by atoms with Crippen LogP contribution in [0.15, 0.2) is 35.5 Å². The highest BCUT2D eigenvalue weighted by atomic mass is 16.6. The maximum Gasteiger partial charge on any atom is 0.223 e. The van der Waals surface area contributed by atoms with E-state index in [2.05, 4.69) is 38.2 Å². The highest BCUT2D eigenvalue weighted by Gasteiger charge is 2.72. The molecule has 2 aliphatic heterocycles. The number of hydrogen-bond donors (Lipinski definition) is 2. The summed E-state index contributed by atoms with van der Waals surface area (Å²) in [5.74, 6) is 1.49. The Hall–Kier alpha value is -2.12. The molecule has 10 unspecified atom stereocenters. The molecule has 1 aromatic rings. The van der Waals surface area contributed by atoms with Gasteiger partial charge in [0.1, 0.15) is 24.7 Å². The number of para-hydroxylation sites is 1. The van der Waals surface area contributed by atoms with Gasteiger partial charge in [0.05, 0.1) is 17.8 Å². The van der Waals surface area contributed by atoms with Crippen molar-refractivity contribution >= 4 is 11.6 Å². The molecule has 5 aliphatic rings. The van der Waals surface area contributed by atoms with Gasteiger partial charge in [0.15, 0.2) is 0 Å². The van der Waals surface area contributed by atoms with Gasteiger partial charge in [0, 0.05) is 41.5 Å². The molecule has 7 nitrogen and oxygen atoms in total. The standard InChI is InChI=1S/C30H42N2O5/c1-17-11-12-24-28(2,3)26(32-35-5)23(36-18-9-7-6-8-10-18)15-30(24)29(17,4)14-20-22(33)13-19-21(25(20)37-30)16-31-27(19)34/h6-10,17,19-25,33H,11-16H2,1-5H3,(H,31,34). The Morgan fingerprint density at radius 1 is 1.11 bits per heavy atom. The number of oxime groups is 1. The number of hydrogen-bond acceptors (Lipinski definition) is 6. The van der Waals surface area contributed by atoms with E-state index < -0.39 is 11.7 Å². The highest BCUT2D eigenvalue weighted by Crippen LogP contribution is 2.68. The molecule has 10 atom stereocenters. The molecule has 2 saturated heterocycles. The van der Waals surface area contributed by atoms with E-state index in [1.54, 1.807) is 7.11 Å². The molecule has 7 heteroatoms. The van der Waals surface area contributed by atoms with Crippen LogP contribution in [0.1, 0.15) is 59.8 Å². The van der Waals surface area contributed by atoms with Crippen molar-refractivity contribution in [2.45, 2.75) is 83.7 Å². The van der Waals surface area contributed by atoms with E-state index in [-0.39, 0.29) is 52.6 Å². The molecular formula is C30H42N2O5. The van der Waals surface area contributed by atoms with E-state index in [0.29, 0.717) is 25.3 Å². The fourth-order valence-electron chi connectivity index (χ4n) is 9.19. The predicted molar refractivity (Wildman–Crippen MR) is 140 cm³/mol. The molecule has 0 bridgehead atoms. The van der Waals surface area contributed by atoms with Gasteiger partial charge in [-0.2, -0.15) is 0 Å². The molecule has 37 heavy (non-hydrogen) atoms. The summed E-state index contributed by atoms with van der Waals surface area (Å²) in [7, 11) is 1.61. The minimum absolute atomic E-state index is 0.0384. The lowest BCUT2D eigenvalue weighted by Crippen LogP contribution is -2.74. The monoisotopic (exact) mass is 510 g/mol. The number of nitrogens with one attached hydrogen (secondary N) is 1. The van der Waals surface area contributed by atoms with Crippen molar-refractivity contribution in [1.82, 2.24) is 5.32 Å². The van der Waals surface area contributed by atoms with Gasteiger partial charge in [-0.1, -0.05) is 51.0 Å². The molecule has 5 fully saturated rings. The summed E-state index contributed by atoms with van der Waals surface area (Å²) >= 11 is 0. The Morgan fingerprint density at radius 2 is 1.86 bits per heavy atom. The zero-order valence-electron chi connectivity index (χ0n) is 22.8. The summed E-state index contributed by atoms with van der Waals surface area (Å²) < 4.78 is 14.2. The number of ether oxygens (including phenoxy) is 2. The number of aliphatic hydroxyl groups is 1. The van der Waals surface area contributed by atoms with Gasteiger partial charge in [-0.15, -0.1) is 0 Å². The van der Waals surface area contributed by atoms with Crippen LogP contribution in [0, 0.1) is 40.4 Å².